The molecule has 0 amide bonds. The highest BCUT2D eigenvalue weighted by molar-refractivity contribution is 7.85. The molecule has 0 bridgehead atoms. The lowest BCUT2D eigenvalue weighted by molar-refractivity contribution is -0.159. The van der Waals surface area contributed by atoms with Crippen molar-refractivity contribution in [2.24, 2.45) is 0 Å². The Balaban J connectivity index is 0.000000438. The topological polar surface area (TPSA) is 94.9 Å². The summed E-state index contributed by atoms with van der Waals surface area (Å²) in [4.78, 5) is 21.6. The molecule has 154 valence electrons. The van der Waals surface area contributed by atoms with Crippen molar-refractivity contribution in [3.05, 3.63) is 72.3 Å². The van der Waals surface area contributed by atoms with Crippen LogP contribution < -0.4 is 0 Å². The number of carboxylic acid groups (broad SMARTS) is 2. The van der Waals surface area contributed by atoms with E-state index in [1.54, 1.807) is 0 Å². The van der Waals surface area contributed by atoms with E-state index in [-0.39, 0.29) is 0 Å². The third-order valence-corrected chi connectivity index (χ3v) is 5.89. The second-order valence-corrected chi connectivity index (χ2v) is 8.04. The van der Waals surface area contributed by atoms with E-state index >= 15 is 0 Å². The summed E-state index contributed by atoms with van der Waals surface area (Å²) in [5, 5.41) is 14.8. The Morgan fingerprint density at radius 2 is 1.52 bits per heavy atom. The van der Waals surface area contributed by atoms with Crippen LogP contribution in [0.25, 0.3) is 5.57 Å². The van der Waals surface area contributed by atoms with Crippen molar-refractivity contribution in [3.8, 4) is 0 Å². The third-order valence-electron chi connectivity index (χ3n) is 4.43. The van der Waals surface area contributed by atoms with Crippen LogP contribution in [-0.4, -0.2) is 56.6 Å². The average Bonchev–Trinajstić information content (AvgIpc) is 2.76. The van der Waals surface area contributed by atoms with Crippen LogP contribution in [-0.2, 0) is 20.4 Å². The summed E-state index contributed by atoms with van der Waals surface area (Å²) in [7, 11) is -0.867. The van der Waals surface area contributed by atoms with Crippen molar-refractivity contribution in [1.82, 2.24) is 4.90 Å². The first-order valence-corrected chi connectivity index (χ1v) is 10.7. The summed E-state index contributed by atoms with van der Waals surface area (Å²) in [5.74, 6) is -2.90. The number of carbonyl (C=O) groups is 2. The fourth-order valence-electron chi connectivity index (χ4n) is 2.94. The Morgan fingerprint density at radius 1 is 0.931 bits per heavy atom. The molecule has 1 heterocycles. The summed E-state index contributed by atoms with van der Waals surface area (Å²) in [5.41, 5.74) is 2.80. The standard InChI is InChI=1S/C20H23NOS.C2H2O4/c22-23(20-10-5-2-6-11-20)17-7-14-21-15-12-19(13-16-21)18-8-3-1-4-9-18;3-1(4)2(5)6/h1-6,8-12H,7,13-17H2;(H,3,4)(H,5,6). The highest BCUT2D eigenvalue weighted by Gasteiger charge is 2.13. The summed E-state index contributed by atoms with van der Waals surface area (Å²) in [6.45, 7) is 3.12. The lowest BCUT2D eigenvalue weighted by Gasteiger charge is -2.26. The minimum absolute atomic E-state index is 0.746. The lowest BCUT2D eigenvalue weighted by Crippen LogP contribution is -2.30. The predicted octanol–water partition coefficient (Wildman–Crippen LogP) is 3.13. The van der Waals surface area contributed by atoms with Crippen LogP contribution in [0.4, 0.5) is 0 Å². The highest BCUT2D eigenvalue weighted by Crippen LogP contribution is 2.22. The second kappa shape index (κ2) is 11.9. The van der Waals surface area contributed by atoms with Gasteiger partial charge in [0.1, 0.15) is 0 Å². The Morgan fingerprint density at radius 3 is 2.03 bits per heavy atom. The second-order valence-electron chi connectivity index (χ2n) is 6.47. The number of aliphatic carboxylic acids is 2. The molecular weight excluding hydrogens is 390 g/mol. The Bertz CT molecular complexity index is 840. The zero-order valence-corrected chi connectivity index (χ0v) is 16.9. The number of hydrogen-bond acceptors (Lipinski definition) is 4. The van der Waals surface area contributed by atoms with E-state index in [1.807, 2.05) is 30.3 Å². The van der Waals surface area contributed by atoms with Gasteiger partial charge in [-0.2, -0.15) is 0 Å². The molecule has 0 radical (unpaired) electrons. The quantitative estimate of drug-likeness (QED) is 0.704. The smallest absolute Gasteiger partial charge is 0.414 e. The first-order valence-electron chi connectivity index (χ1n) is 9.34. The number of benzene rings is 2. The maximum absolute atomic E-state index is 12.2. The molecule has 0 aliphatic carbocycles. The van der Waals surface area contributed by atoms with Crippen molar-refractivity contribution < 1.29 is 24.0 Å². The molecular formula is C22H25NO5S. The Labute approximate surface area is 172 Å². The van der Waals surface area contributed by atoms with Gasteiger partial charge in [0.15, 0.2) is 0 Å². The molecule has 0 spiro atoms. The molecule has 0 saturated heterocycles. The molecule has 1 atom stereocenters. The van der Waals surface area contributed by atoms with Gasteiger partial charge in [-0.05, 0) is 42.7 Å². The molecule has 2 N–H and O–H groups in total. The molecule has 1 unspecified atom stereocenters. The molecule has 0 saturated carbocycles. The lowest BCUT2D eigenvalue weighted by atomic mass is 9.99. The largest absolute Gasteiger partial charge is 0.473 e. The zero-order valence-electron chi connectivity index (χ0n) is 16.1. The van der Waals surface area contributed by atoms with E-state index < -0.39 is 22.7 Å². The van der Waals surface area contributed by atoms with Crippen LogP contribution in [0.2, 0.25) is 0 Å². The highest BCUT2D eigenvalue weighted by atomic mass is 32.2. The van der Waals surface area contributed by atoms with Crippen LogP contribution >= 0.6 is 0 Å². The van der Waals surface area contributed by atoms with E-state index in [0.717, 1.165) is 43.1 Å². The van der Waals surface area contributed by atoms with Gasteiger partial charge in [0.2, 0.25) is 0 Å². The fourth-order valence-corrected chi connectivity index (χ4v) is 4.03. The van der Waals surface area contributed by atoms with Gasteiger partial charge in [-0.15, -0.1) is 0 Å². The Hall–Kier alpha value is -2.77. The van der Waals surface area contributed by atoms with Crippen LogP contribution in [0.3, 0.4) is 0 Å². The first-order chi connectivity index (χ1) is 14.0. The van der Waals surface area contributed by atoms with Crippen molar-refractivity contribution in [1.29, 1.82) is 0 Å². The van der Waals surface area contributed by atoms with E-state index in [2.05, 4.69) is 41.3 Å². The normalized spacial score (nSPS) is 14.8. The molecule has 1 aliphatic heterocycles. The number of nitrogens with zero attached hydrogens (tertiary/aromatic N) is 1. The molecule has 2 aromatic carbocycles. The summed E-state index contributed by atoms with van der Waals surface area (Å²) in [6.07, 6.45) is 4.43. The number of carboxylic acids is 2. The van der Waals surface area contributed by atoms with Crippen molar-refractivity contribution in [2.75, 3.05) is 25.4 Å². The van der Waals surface area contributed by atoms with Gasteiger partial charge in [0, 0.05) is 23.7 Å². The van der Waals surface area contributed by atoms with Gasteiger partial charge in [0.25, 0.3) is 0 Å². The van der Waals surface area contributed by atoms with Crippen molar-refractivity contribution in [2.45, 2.75) is 17.7 Å². The van der Waals surface area contributed by atoms with Gasteiger partial charge < -0.3 is 10.2 Å². The molecule has 2 aromatic rings. The average molecular weight is 416 g/mol. The van der Waals surface area contributed by atoms with Gasteiger partial charge in [-0.3, -0.25) is 9.11 Å². The van der Waals surface area contributed by atoms with E-state index in [1.165, 1.54) is 11.1 Å². The summed E-state index contributed by atoms with van der Waals surface area (Å²) < 4.78 is 12.2. The van der Waals surface area contributed by atoms with Gasteiger partial charge >= 0.3 is 11.9 Å². The fraction of sp³-hybridized carbons (Fsp3) is 0.273. The van der Waals surface area contributed by atoms with E-state index in [0.29, 0.717) is 0 Å². The maximum atomic E-state index is 12.2. The molecule has 1 aliphatic rings. The third kappa shape index (κ3) is 8.01. The summed E-state index contributed by atoms with van der Waals surface area (Å²) >= 11 is 0. The molecule has 0 fully saturated rings. The Kier molecular flexibility index (Phi) is 9.27. The minimum atomic E-state index is -1.82. The zero-order chi connectivity index (χ0) is 21.1. The van der Waals surface area contributed by atoms with Crippen molar-refractivity contribution in [3.63, 3.8) is 0 Å². The van der Waals surface area contributed by atoms with Crippen LogP contribution in [0, 0.1) is 0 Å². The van der Waals surface area contributed by atoms with E-state index in [4.69, 9.17) is 19.8 Å². The molecule has 3 rings (SSSR count). The monoisotopic (exact) mass is 415 g/mol. The predicted molar refractivity (Wildman–Crippen MR) is 113 cm³/mol. The van der Waals surface area contributed by atoms with Gasteiger partial charge in [-0.25, -0.2) is 9.59 Å². The molecule has 29 heavy (non-hydrogen) atoms. The summed E-state index contributed by atoms with van der Waals surface area (Å²) in [6, 6.07) is 20.4. The molecule has 0 aromatic heterocycles. The first kappa shape index (κ1) is 22.5. The van der Waals surface area contributed by atoms with Gasteiger partial charge in [0.05, 0.1) is 10.8 Å². The number of hydrogen-bond donors (Lipinski definition) is 2. The van der Waals surface area contributed by atoms with Crippen LogP contribution in [0.5, 0.6) is 0 Å². The minimum Gasteiger partial charge on any atom is -0.473 e. The number of rotatable bonds is 6. The van der Waals surface area contributed by atoms with Gasteiger partial charge in [-0.1, -0.05) is 54.6 Å². The SMILES string of the molecule is O=C(O)C(=O)O.O=S(CCCN1CC=C(c2ccccc2)CC1)c1ccccc1. The van der Waals surface area contributed by atoms with Crippen molar-refractivity contribution >= 4 is 28.3 Å². The maximum Gasteiger partial charge on any atom is 0.414 e. The van der Waals surface area contributed by atoms with E-state index in [9.17, 15) is 4.21 Å². The van der Waals surface area contributed by atoms with Crippen LogP contribution in [0.15, 0.2) is 71.6 Å². The van der Waals surface area contributed by atoms with Crippen LogP contribution in [0.1, 0.15) is 18.4 Å². The molecule has 7 heteroatoms. The molecule has 6 nitrogen and oxygen atoms in total.